The first-order valence-corrected chi connectivity index (χ1v) is 10.7. The first-order chi connectivity index (χ1) is 12.2. The van der Waals surface area contributed by atoms with Crippen molar-refractivity contribution in [1.29, 1.82) is 0 Å². The van der Waals surface area contributed by atoms with Gasteiger partial charge in [0.25, 0.3) is 5.91 Å². The Balaban J connectivity index is 1.83. The van der Waals surface area contributed by atoms with Gasteiger partial charge in [-0.2, -0.15) is 0 Å². The molecular weight excluding hydrogens is 364 g/mol. The molecule has 6 heteroatoms. The van der Waals surface area contributed by atoms with Crippen molar-refractivity contribution in [2.24, 2.45) is 5.41 Å². The smallest absolute Gasteiger partial charge is 0.264 e. The molecule has 4 nitrogen and oxygen atoms in total. The number of hydrogen-bond acceptors (Lipinski definition) is 4. The third-order valence-corrected chi connectivity index (χ3v) is 6.91. The van der Waals surface area contributed by atoms with Gasteiger partial charge in [0.05, 0.1) is 15.9 Å². The molecule has 0 aromatic carbocycles. The molecule has 3 heterocycles. The maximum Gasteiger partial charge on any atom is 0.264 e. The summed E-state index contributed by atoms with van der Waals surface area (Å²) in [5, 5.41) is 5.81. The summed E-state index contributed by atoms with van der Waals surface area (Å²) in [6.45, 7) is 10.5. The van der Waals surface area contributed by atoms with Crippen molar-refractivity contribution >= 4 is 39.5 Å². The Bertz CT molecular complexity index is 829. The van der Waals surface area contributed by atoms with Crippen LogP contribution in [0.1, 0.15) is 65.8 Å². The van der Waals surface area contributed by atoms with Crippen LogP contribution >= 0.6 is 22.7 Å². The zero-order valence-electron chi connectivity index (χ0n) is 16.0. The fourth-order valence-electron chi connectivity index (χ4n) is 3.27. The Morgan fingerprint density at radius 2 is 2.08 bits per heavy atom. The average Bonchev–Trinajstić information content (AvgIpc) is 3.18. The van der Waals surface area contributed by atoms with E-state index in [0.717, 1.165) is 34.8 Å². The van der Waals surface area contributed by atoms with E-state index >= 15 is 0 Å². The highest BCUT2D eigenvalue weighted by molar-refractivity contribution is 7.18. The van der Waals surface area contributed by atoms with Crippen molar-refractivity contribution in [1.82, 2.24) is 4.90 Å². The lowest BCUT2D eigenvalue weighted by Crippen LogP contribution is -2.39. The zero-order valence-corrected chi connectivity index (χ0v) is 17.6. The number of carbonyl (C=O) groups is 2. The number of amides is 2. The van der Waals surface area contributed by atoms with Crippen LogP contribution in [-0.4, -0.2) is 23.3 Å². The van der Waals surface area contributed by atoms with Gasteiger partial charge in [-0.05, 0) is 48.4 Å². The number of nitrogens with one attached hydrogen (secondary N) is 1. The van der Waals surface area contributed by atoms with Crippen LogP contribution in [0.5, 0.6) is 0 Å². The largest absolute Gasteiger partial charge is 0.331 e. The van der Waals surface area contributed by atoms with E-state index in [0.29, 0.717) is 0 Å². The first-order valence-electron chi connectivity index (χ1n) is 9.01. The lowest BCUT2D eigenvalue weighted by Gasteiger charge is -2.35. The fraction of sp³-hybridized carbons (Fsp3) is 0.500. The Kier molecular flexibility index (Phi) is 5.26. The standard InChI is InChI=1S/C20H26N2O2S2/c1-6-14-13-8-10-25-15(13)7-9-22(14)18(23)17-12(2)11-16(26-17)21-19(24)20(3,4)5/h8,10-11,14H,6-7,9H2,1-5H3,(H,21,24)/t14-/m0/s1. The third kappa shape index (κ3) is 3.58. The summed E-state index contributed by atoms with van der Waals surface area (Å²) < 4.78 is 0. The second-order valence-corrected chi connectivity index (χ2v) is 9.85. The minimum atomic E-state index is -0.461. The van der Waals surface area contributed by atoms with Gasteiger partial charge in [0, 0.05) is 16.8 Å². The summed E-state index contributed by atoms with van der Waals surface area (Å²) in [4.78, 5) is 29.6. The molecular formula is C20H26N2O2S2. The molecule has 0 fully saturated rings. The molecule has 3 rings (SSSR count). The maximum atomic E-state index is 13.2. The van der Waals surface area contributed by atoms with Gasteiger partial charge >= 0.3 is 0 Å². The fourth-order valence-corrected chi connectivity index (χ4v) is 5.22. The van der Waals surface area contributed by atoms with Crippen LogP contribution in [0.25, 0.3) is 0 Å². The Labute approximate surface area is 163 Å². The van der Waals surface area contributed by atoms with Gasteiger partial charge in [0.2, 0.25) is 5.91 Å². The molecule has 2 aromatic heterocycles. The van der Waals surface area contributed by atoms with Gasteiger partial charge in [0.1, 0.15) is 0 Å². The van der Waals surface area contributed by atoms with Crippen molar-refractivity contribution < 1.29 is 9.59 Å². The predicted octanol–water partition coefficient (Wildman–Crippen LogP) is 5.25. The molecule has 2 aromatic rings. The lowest BCUT2D eigenvalue weighted by atomic mass is 9.96. The molecule has 140 valence electrons. The van der Waals surface area contributed by atoms with E-state index in [1.54, 1.807) is 11.3 Å². The summed E-state index contributed by atoms with van der Waals surface area (Å²) in [6, 6.07) is 4.21. The minimum absolute atomic E-state index is 0.0370. The number of fused-ring (bicyclic) bond motifs is 1. The van der Waals surface area contributed by atoms with Crippen LogP contribution in [0.4, 0.5) is 5.00 Å². The van der Waals surface area contributed by atoms with E-state index in [1.165, 1.54) is 21.8 Å². The van der Waals surface area contributed by atoms with Crippen molar-refractivity contribution in [2.45, 2.75) is 53.5 Å². The van der Waals surface area contributed by atoms with Crippen molar-refractivity contribution in [3.8, 4) is 0 Å². The predicted molar refractivity (Wildman–Crippen MR) is 109 cm³/mol. The van der Waals surface area contributed by atoms with E-state index < -0.39 is 5.41 Å². The molecule has 0 radical (unpaired) electrons. The molecule has 0 unspecified atom stereocenters. The molecule has 2 amide bonds. The highest BCUT2D eigenvalue weighted by Crippen LogP contribution is 2.38. The van der Waals surface area contributed by atoms with Crippen LogP contribution in [0.15, 0.2) is 17.5 Å². The summed E-state index contributed by atoms with van der Waals surface area (Å²) >= 11 is 3.17. The quantitative estimate of drug-likeness (QED) is 0.778. The van der Waals surface area contributed by atoms with Gasteiger partial charge in [-0.15, -0.1) is 22.7 Å². The van der Waals surface area contributed by atoms with Crippen molar-refractivity contribution in [2.75, 3.05) is 11.9 Å². The van der Waals surface area contributed by atoms with E-state index in [9.17, 15) is 9.59 Å². The number of carbonyl (C=O) groups excluding carboxylic acids is 2. The highest BCUT2D eigenvalue weighted by atomic mass is 32.1. The molecule has 0 aliphatic carbocycles. The van der Waals surface area contributed by atoms with Gasteiger partial charge in [-0.3, -0.25) is 9.59 Å². The monoisotopic (exact) mass is 390 g/mol. The molecule has 1 aliphatic heterocycles. The summed E-state index contributed by atoms with van der Waals surface area (Å²) in [7, 11) is 0. The number of aryl methyl sites for hydroxylation is 1. The Morgan fingerprint density at radius 1 is 1.35 bits per heavy atom. The molecule has 0 bridgehead atoms. The molecule has 0 saturated carbocycles. The van der Waals surface area contributed by atoms with Crippen molar-refractivity contribution in [3.63, 3.8) is 0 Å². The van der Waals surface area contributed by atoms with E-state index in [-0.39, 0.29) is 17.9 Å². The molecule has 0 saturated heterocycles. The van der Waals surface area contributed by atoms with E-state index in [4.69, 9.17) is 0 Å². The summed E-state index contributed by atoms with van der Waals surface area (Å²) in [5.74, 6) is 0.0394. The van der Waals surface area contributed by atoms with Crippen molar-refractivity contribution in [3.05, 3.63) is 38.4 Å². The van der Waals surface area contributed by atoms with Gasteiger partial charge in [-0.1, -0.05) is 27.7 Å². The minimum Gasteiger partial charge on any atom is -0.331 e. The number of hydrogen-bond donors (Lipinski definition) is 1. The lowest BCUT2D eigenvalue weighted by molar-refractivity contribution is -0.123. The summed E-state index contributed by atoms with van der Waals surface area (Å²) in [5.41, 5.74) is 1.76. The molecule has 0 spiro atoms. The van der Waals surface area contributed by atoms with E-state index in [1.807, 2.05) is 38.7 Å². The maximum absolute atomic E-state index is 13.2. The second-order valence-electron chi connectivity index (χ2n) is 7.80. The normalized spacial score (nSPS) is 17.1. The SMILES string of the molecule is CC[C@H]1c2ccsc2CCN1C(=O)c1sc(NC(=O)C(C)(C)C)cc1C. The topological polar surface area (TPSA) is 49.4 Å². The van der Waals surface area contributed by atoms with Crippen LogP contribution < -0.4 is 5.32 Å². The van der Waals surface area contributed by atoms with Crippen LogP contribution in [0, 0.1) is 12.3 Å². The van der Waals surface area contributed by atoms with Gasteiger partial charge in [-0.25, -0.2) is 0 Å². The van der Waals surface area contributed by atoms with E-state index in [2.05, 4.69) is 23.7 Å². The van der Waals surface area contributed by atoms with Gasteiger partial charge in [0.15, 0.2) is 0 Å². The average molecular weight is 391 g/mol. The molecule has 1 N–H and O–H groups in total. The Morgan fingerprint density at radius 3 is 2.73 bits per heavy atom. The number of rotatable bonds is 3. The first kappa shape index (κ1) is 19.1. The molecule has 1 atom stereocenters. The Hall–Kier alpha value is -1.66. The van der Waals surface area contributed by atoms with Gasteiger partial charge < -0.3 is 10.2 Å². The zero-order chi connectivity index (χ0) is 19.1. The molecule has 26 heavy (non-hydrogen) atoms. The van der Waals surface area contributed by atoms with Crippen LogP contribution in [0.2, 0.25) is 0 Å². The highest BCUT2D eigenvalue weighted by Gasteiger charge is 2.32. The van der Waals surface area contributed by atoms with Crippen LogP contribution in [0.3, 0.4) is 0 Å². The number of nitrogens with zero attached hydrogens (tertiary/aromatic N) is 1. The number of thiophene rings is 2. The second kappa shape index (κ2) is 7.16. The van der Waals surface area contributed by atoms with Crippen LogP contribution in [-0.2, 0) is 11.2 Å². The number of anilines is 1. The summed E-state index contributed by atoms with van der Waals surface area (Å²) in [6.07, 6.45) is 1.83. The molecule has 1 aliphatic rings. The third-order valence-electron chi connectivity index (χ3n) is 4.77.